The van der Waals surface area contributed by atoms with Gasteiger partial charge < -0.3 is 39.0 Å². The maximum atomic E-state index is 14.4. The van der Waals surface area contributed by atoms with Crippen LogP contribution in [0.15, 0.2) is 12.2 Å². The van der Waals surface area contributed by atoms with Crippen molar-refractivity contribution < 1.29 is 53.4 Å². The zero-order valence-corrected chi connectivity index (χ0v) is 33.8. The number of aliphatic carboxylic acids is 1. The molecule has 17 atom stereocenters. The lowest BCUT2D eigenvalue weighted by Gasteiger charge is -2.53. The molecule has 11 heteroatoms. The Kier molecular flexibility index (Phi) is 12.8. The monoisotopic (exact) mass is 748 g/mol. The first-order chi connectivity index (χ1) is 24.8. The van der Waals surface area contributed by atoms with Crippen LogP contribution in [0.2, 0.25) is 0 Å². The number of rotatable bonds is 12. The second kappa shape index (κ2) is 16.0. The smallest absolute Gasteiger partial charge is 0.309 e. The first-order valence-corrected chi connectivity index (χ1v) is 20.6. The highest BCUT2D eigenvalue weighted by Crippen LogP contribution is 2.53. The highest BCUT2D eigenvalue weighted by Gasteiger charge is 2.63. The molecule has 0 saturated carbocycles. The summed E-state index contributed by atoms with van der Waals surface area (Å²) in [6, 6.07) is 0. The molecule has 0 aliphatic carbocycles. The molecule has 0 aromatic heterocycles. The fourth-order valence-corrected chi connectivity index (χ4v) is 10.4. The number of hydrogen-bond acceptors (Lipinski definition) is 10. The minimum absolute atomic E-state index is 0.00877. The van der Waals surface area contributed by atoms with Crippen molar-refractivity contribution in [2.75, 3.05) is 0 Å². The van der Waals surface area contributed by atoms with Crippen molar-refractivity contribution in [3.05, 3.63) is 12.2 Å². The van der Waals surface area contributed by atoms with E-state index in [1.807, 2.05) is 48.5 Å². The van der Waals surface area contributed by atoms with E-state index in [1.54, 1.807) is 13.0 Å². The predicted octanol–water partition coefficient (Wildman–Crippen LogP) is 6.40. The van der Waals surface area contributed by atoms with Gasteiger partial charge in [0.1, 0.15) is 5.78 Å². The molecular formula is C42H68O11. The quantitative estimate of drug-likeness (QED) is 0.203. The Balaban J connectivity index is 1.31. The van der Waals surface area contributed by atoms with Crippen LogP contribution >= 0.6 is 0 Å². The Labute approximate surface area is 316 Å². The summed E-state index contributed by atoms with van der Waals surface area (Å²) in [5, 5.41) is 32.5. The van der Waals surface area contributed by atoms with E-state index in [-0.39, 0.29) is 47.6 Å². The number of aliphatic hydroxyl groups excluding tert-OH is 1. The number of ether oxygens (including phenoxy) is 5. The normalized spacial score (nSPS) is 44.8. The third-order valence-electron chi connectivity index (χ3n) is 14.3. The molecule has 4 fully saturated rings. The number of carbonyl (C=O) groups excluding carboxylic acids is 2. The molecule has 0 aromatic carbocycles. The van der Waals surface area contributed by atoms with Crippen molar-refractivity contribution in [3.8, 4) is 0 Å². The fourth-order valence-electron chi connectivity index (χ4n) is 10.4. The third kappa shape index (κ3) is 7.83. The van der Waals surface area contributed by atoms with Crippen LogP contribution < -0.4 is 0 Å². The Morgan fingerprint density at radius 1 is 0.906 bits per heavy atom. The first-order valence-electron chi connectivity index (χ1n) is 20.6. The number of carboxylic acids is 1. The van der Waals surface area contributed by atoms with Crippen molar-refractivity contribution in [2.45, 2.75) is 193 Å². The van der Waals surface area contributed by atoms with Gasteiger partial charge in [0.15, 0.2) is 5.79 Å². The van der Waals surface area contributed by atoms with Gasteiger partial charge in [-0.3, -0.25) is 14.4 Å². The van der Waals surface area contributed by atoms with E-state index >= 15 is 0 Å². The number of carbonyl (C=O) groups is 3. The van der Waals surface area contributed by atoms with Crippen LogP contribution in [-0.4, -0.2) is 92.3 Å². The fraction of sp³-hybridized carbons (Fsp3) is 0.881. The molecule has 2 spiro atoms. The summed E-state index contributed by atoms with van der Waals surface area (Å²) < 4.78 is 33.2. The zero-order valence-electron chi connectivity index (χ0n) is 33.8. The largest absolute Gasteiger partial charge is 0.481 e. The molecule has 5 heterocycles. The van der Waals surface area contributed by atoms with Crippen molar-refractivity contribution in [1.29, 1.82) is 0 Å². The van der Waals surface area contributed by atoms with E-state index in [0.29, 0.717) is 57.8 Å². The van der Waals surface area contributed by atoms with Gasteiger partial charge in [-0.15, -0.1) is 0 Å². The summed E-state index contributed by atoms with van der Waals surface area (Å²) in [6.45, 7) is 19.4. The van der Waals surface area contributed by atoms with E-state index in [4.69, 9.17) is 23.7 Å². The van der Waals surface area contributed by atoms with Crippen molar-refractivity contribution in [1.82, 2.24) is 0 Å². The Hall–Kier alpha value is -1.73. The van der Waals surface area contributed by atoms with Crippen LogP contribution in [0.4, 0.5) is 0 Å². The molecule has 11 nitrogen and oxygen atoms in total. The van der Waals surface area contributed by atoms with Crippen LogP contribution in [0.3, 0.4) is 0 Å². The summed E-state index contributed by atoms with van der Waals surface area (Å²) in [5.74, 6) is -6.46. The average molecular weight is 749 g/mol. The SMILES string of the molecule is CC[C@@H](C(=O)[C@@H](C)[C@@H](O)[C@H](C)[C@@H]1O[C@@H]([C@@H](CC)C(=O)O)CCC1C)[C@H]1O[C@]2(C=CC(=O)[C@]3(CC[C@@](C)([C@H]4CC[C@](O)(CC)[C@H](C)O4)O3)O2)[C@H](C)C[C@@H]1C. The lowest BCUT2D eigenvalue weighted by Crippen LogP contribution is -2.62. The molecule has 0 radical (unpaired) electrons. The van der Waals surface area contributed by atoms with Gasteiger partial charge in [0.25, 0.3) is 0 Å². The number of ketones is 2. The van der Waals surface area contributed by atoms with E-state index < -0.39 is 70.7 Å². The lowest BCUT2D eigenvalue weighted by molar-refractivity contribution is -0.378. The zero-order chi connectivity index (χ0) is 39.3. The number of hydrogen-bond donors (Lipinski definition) is 3. The summed E-state index contributed by atoms with van der Waals surface area (Å²) in [4.78, 5) is 40.0. The number of aliphatic hydroxyl groups is 2. The van der Waals surface area contributed by atoms with Gasteiger partial charge in [0.05, 0.1) is 53.7 Å². The van der Waals surface area contributed by atoms with Crippen LogP contribution in [0.25, 0.3) is 0 Å². The molecule has 5 rings (SSSR count). The molecule has 5 aliphatic rings. The van der Waals surface area contributed by atoms with E-state index in [2.05, 4.69) is 13.8 Å². The standard InChI is InChI=1S/C42H68O11/c1-11-29(38(46)47)31-15-14-23(4)36(50-31)27(8)34(44)26(7)35(45)30(12-2)37-24(5)22-25(6)41(51-37)19-16-32(43)42(53-41)21-20-39(10,52-42)33-17-18-40(48,13-3)28(9)49-33/h16,19,23-31,33-34,36-37,44,48H,11-15,17-18,20-22H2,1-10H3,(H,46,47)/t23?,24-,25+,26-,27-,28-,29+,30-,31+,33+,34+,36+,37-,39-,40+,41-,42-/m0/s1. The molecule has 0 amide bonds. The number of carboxylic acid groups (broad SMARTS) is 1. The number of Topliss-reactive ketones (excluding diaryl/α,β-unsaturated/α-hetero) is 1. The van der Waals surface area contributed by atoms with Gasteiger partial charge in [-0.25, -0.2) is 0 Å². The molecule has 302 valence electrons. The Morgan fingerprint density at radius 2 is 1.58 bits per heavy atom. The molecule has 3 N–H and O–H groups in total. The Bertz CT molecular complexity index is 1370. The summed E-state index contributed by atoms with van der Waals surface area (Å²) >= 11 is 0. The molecule has 1 unspecified atom stereocenters. The van der Waals surface area contributed by atoms with Crippen molar-refractivity contribution in [3.63, 3.8) is 0 Å². The van der Waals surface area contributed by atoms with Gasteiger partial charge in [-0.05, 0) is 95.6 Å². The summed E-state index contributed by atoms with van der Waals surface area (Å²) in [6.07, 6.45) is 5.84. The molecule has 4 saturated heterocycles. The van der Waals surface area contributed by atoms with E-state index in [1.165, 1.54) is 6.08 Å². The van der Waals surface area contributed by atoms with E-state index in [9.17, 15) is 29.7 Å². The minimum atomic E-state index is -1.56. The third-order valence-corrected chi connectivity index (χ3v) is 14.3. The van der Waals surface area contributed by atoms with Crippen LogP contribution in [-0.2, 0) is 38.1 Å². The van der Waals surface area contributed by atoms with Gasteiger partial charge in [-0.2, -0.15) is 0 Å². The van der Waals surface area contributed by atoms with E-state index in [0.717, 1.165) is 6.42 Å². The second-order valence-electron chi connectivity index (χ2n) is 17.8. The first kappa shape index (κ1) is 42.4. The predicted molar refractivity (Wildman–Crippen MR) is 198 cm³/mol. The van der Waals surface area contributed by atoms with Gasteiger partial charge >= 0.3 is 5.97 Å². The Morgan fingerprint density at radius 3 is 2.19 bits per heavy atom. The second-order valence-corrected chi connectivity index (χ2v) is 17.8. The maximum absolute atomic E-state index is 14.4. The average Bonchev–Trinajstić information content (AvgIpc) is 3.47. The van der Waals surface area contributed by atoms with Gasteiger partial charge in [0, 0.05) is 30.1 Å². The molecule has 5 aliphatic heterocycles. The van der Waals surface area contributed by atoms with Crippen molar-refractivity contribution in [2.24, 2.45) is 41.4 Å². The lowest BCUT2D eigenvalue weighted by atomic mass is 9.72. The highest BCUT2D eigenvalue weighted by atomic mass is 16.8. The topological polar surface area (TPSA) is 158 Å². The minimum Gasteiger partial charge on any atom is -0.481 e. The maximum Gasteiger partial charge on any atom is 0.309 e. The summed E-state index contributed by atoms with van der Waals surface area (Å²) in [7, 11) is 0. The molecule has 53 heavy (non-hydrogen) atoms. The van der Waals surface area contributed by atoms with Gasteiger partial charge in [0.2, 0.25) is 11.6 Å². The van der Waals surface area contributed by atoms with Crippen LogP contribution in [0, 0.1) is 41.4 Å². The van der Waals surface area contributed by atoms with Crippen molar-refractivity contribution >= 4 is 17.5 Å². The van der Waals surface area contributed by atoms with Crippen LogP contribution in [0.1, 0.15) is 133 Å². The summed E-state index contributed by atoms with van der Waals surface area (Å²) in [5.41, 5.74) is -1.71. The van der Waals surface area contributed by atoms with Gasteiger partial charge in [-0.1, -0.05) is 55.4 Å². The highest BCUT2D eigenvalue weighted by molar-refractivity contribution is 5.97. The molecule has 0 aromatic rings. The molecular weight excluding hydrogens is 680 g/mol. The molecule has 0 bridgehead atoms. The van der Waals surface area contributed by atoms with Crippen LogP contribution in [0.5, 0.6) is 0 Å².